The summed E-state index contributed by atoms with van der Waals surface area (Å²) in [5, 5.41) is 22.3. The van der Waals surface area contributed by atoms with Crippen molar-refractivity contribution in [1.82, 2.24) is 0 Å². The molecule has 1 aliphatic rings. The second kappa shape index (κ2) is 10.2. The Bertz CT molecular complexity index is 987. The van der Waals surface area contributed by atoms with Gasteiger partial charge >= 0.3 is 0 Å². The highest BCUT2D eigenvalue weighted by Crippen LogP contribution is 2.43. The summed E-state index contributed by atoms with van der Waals surface area (Å²) in [6, 6.07) is 9.00. The van der Waals surface area contributed by atoms with Crippen LogP contribution in [0.5, 0.6) is 11.5 Å². The van der Waals surface area contributed by atoms with Gasteiger partial charge < -0.3 is 15.9 Å². The average Bonchev–Trinajstić information content (AvgIpc) is 3.06. The van der Waals surface area contributed by atoms with Crippen LogP contribution in [-0.2, 0) is 34.5 Å². The highest BCUT2D eigenvalue weighted by Gasteiger charge is 2.35. The van der Waals surface area contributed by atoms with Crippen LogP contribution in [0.4, 0.5) is 0 Å². The molecule has 1 saturated carbocycles. The molecule has 0 heterocycles. The normalized spacial score (nSPS) is 21.2. The zero-order valence-corrected chi connectivity index (χ0v) is 26.3. The summed E-state index contributed by atoms with van der Waals surface area (Å²) in [4.78, 5) is 0. The fourth-order valence-corrected chi connectivity index (χ4v) is 6.19. The summed E-state index contributed by atoms with van der Waals surface area (Å²) >= 11 is 0. The lowest BCUT2D eigenvalue weighted by molar-refractivity contribution is 0.399. The summed E-state index contributed by atoms with van der Waals surface area (Å²) in [7, 11) is 0. The van der Waals surface area contributed by atoms with Crippen LogP contribution in [0, 0.1) is 11.8 Å². The predicted octanol–water partition coefficient (Wildman–Crippen LogP) is 8.43. The van der Waals surface area contributed by atoms with E-state index in [1.807, 2.05) is 0 Å². The lowest BCUT2D eigenvalue weighted by Crippen LogP contribution is -2.33. The monoisotopic (exact) mass is 521 g/mol. The molecule has 2 aromatic rings. The number of rotatable bonds is 4. The topological polar surface area (TPSA) is 66.5 Å². The zero-order valence-electron chi connectivity index (χ0n) is 26.3. The molecular formula is C35H55NO2. The Morgan fingerprint density at radius 2 is 0.789 bits per heavy atom. The largest absolute Gasteiger partial charge is 0.507 e. The van der Waals surface area contributed by atoms with E-state index in [0.29, 0.717) is 23.3 Å². The first-order valence-electron chi connectivity index (χ1n) is 14.6. The SMILES string of the molecule is CC(C)(C)c1cc(CC2CCC(Cc3cc(C(C)(C)C)c(O)c(C(C)(C)C)c3)C2N)cc(C(C)(C)C)c1O. The molecule has 0 bridgehead atoms. The average molecular weight is 522 g/mol. The molecule has 1 aliphatic carbocycles. The van der Waals surface area contributed by atoms with E-state index in [4.69, 9.17) is 5.73 Å². The highest BCUT2D eigenvalue weighted by atomic mass is 16.3. The summed E-state index contributed by atoms with van der Waals surface area (Å²) in [5.41, 5.74) is 13.1. The quantitative estimate of drug-likeness (QED) is 0.378. The molecule has 3 heteroatoms. The van der Waals surface area contributed by atoms with Crippen molar-refractivity contribution < 1.29 is 10.2 Å². The van der Waals surface area contributed by atoms with E-state index in [1.165, 1.54) is 11.1 Å². The third kappa shape index (κ3) is 6.58. The zero-order chi connectivity index (χ0) is 29.0. The maximum atomic E-state index is 11.1. The molecule has 4 N–H and O–H groups in total. The molecule has 0 radical (unpaired) electrons. The Balaban J connectivity index is 1.90. The number of hydrogen-bond acceptors (Lipinski definition) is 3. The van der Waals surface area contributed by atoms with Gasteiger partial charge in [-0.3, -0.25) is 0 Å². The molecule has 2 unspecified atom stereocenters. The van der Waals surface area contributed by atoms with Gasteiger partial charge in [0.2, 0.25) is 0 Å². The van der Waals surface area contributed by atoms with E-state index < -0.39 is 0 Å². The van der Waals surface area contributed by atoms with Crippen LogP contribution in [0.15, 0.2) is 24.3 Å². The lowest BCUT2D eigenvalue weighted by Gasteiger charge is -2.30. The standard InChI is InChI=1S/C35H55NO2/c1-32(2,3)25-17-21(18-26(30(25)37)33(4,5)6)15-23-13-14-24(29(23)36)16-22-19-27(34(7,8)9)31(38)28(20-22)35(10,11)12/h17-20,23-24,29,37-38H,13-16,36H2,1-12H3. The lowest BCUT2D eigenvalue weighted by atomic mass is 9.77. The van der Waals surface area contributed by atoms with E-state index in [0.717, 1.165) is 47.9 Å². The molecule has 3 rings (SSSR count). The maximum absolute atomic E-state index is 11.1. The van der Waals surface area contributed by atoms with Gasteiger partial charge in [-0.05, 0) is 92.6 Å². The molecule has 0 aromatic heterocycles. The Morgan fingerprint density at radius 3 is 1.00 bits per heavy atom. The molecule has 3 nitrogen and oxygen atoms in total. The molecule has 1 fully saturated rings. The van der Waals surface area contributed by atoms with Crippen molar-refractivity contribution >= 4 is 0 Å². The first-order chi connectivity index (χ1) is 17.1. The van der Waals surface area contributed by atoms with Crippen LogP contribution in [-0.4, -0.2) is 16.3 Å². The fraction of sp³-hybridized carbons (Fsp3) is 0.657. The van der Waals surface area contributed by atoms with E-state index in [-0.39, 0.29) is 27.7 Å². The van der Waals surface area contributed by atoms with Crippen LogP contribution in [0.1, 0.15) is 129 Å². The number of phenols is 2. The van der Waals surface area contributed by atoms with Crippen molar-refractivity contribution in [3.8, 4) is 11.5 Å². The van der Waals surface area contributed by atoms with Crippen LogP contribution in [0.3, 0.4) is 0 Å². The number of phenolic OH excluding ortho intramolecular Hbond substituents is 2. The van der Waals surface area contributed by atoms with Gasteiger partial charge in [0.25, 0.3) is 0 Å². The molecule has 0 spiro atoms. The van der Waals surface area contributed by atoms with Gasteiger partial charge in [0, 0.05) is 6.04 Å². The second-order valence-electron chi connectivity index (χ2n) is 16.2. The van der Waals surface area contributed by atoms with Crippen molar-refractivity contribution in [2.45, 2.75) is 136 Å². The molecule has 2 atom stereocenters. The molecule has 0 aliphatic heterocycles. The summed E-state index contributed by atoms with van der Waals surface area (Å²) in [6.45, 7) is 26.1. The molecule has 2 aromatic carbocycles. The van der Waals surface area contributed by atoms with Gasteiger partial charge in [0.1, 0.15) is 11.5 Å². The third-order valence-corrected chi connectivity index (χ3v) is 8.56. The van der Waals surface area contributed by atoms with Crippen LogP contribution >= 0.6 is 0 Å². The van der Waals surface area contributed by atoms with Crippen molar-refractivity contribution in [2.75, 3.05) is 0 Å². The minimum Gasteiger partial charge on any atom is -0.507 e. The molecule has 0 saturated heterocycles. The Hall–Kier alpha value is -2.00. The molecular weight excluding hydrogens is 466 g/mol. The van der Waals surface area contributed by atoms with Crippen molar-refractivity contribution in [3.05, 3.63) is 57.6 Å². The molecule has 38 heavy (non-hydrogen) atoms. The third-order valence-electron chi connectivity index (χ3n) is 8.56. The van der Waals surface area contributed by atoms with Gasteiger partial charge in [-0.2, -0.15) is 0 Å². The fourth-order valence-electron chi connectivity index (χ4n) is 6.19. The molecule has 212 valence electrons. The maximum Gasteiger partial charge on any atom is 0.123 e. The summed E-state index contributed by atoms with van der Waals surface area (Å²) in [6.07, 6.45) is 4.14. The van der Waals surface area contributed by atoms with Gasteiger partial charge in [-0.15, -0.1) is 0 Å². The van der Waals surface area contributed by atoms with Gasteiger partial charge in [0.05, 0.1) is 0 Å². The minimum absolute atomic E-state index is 0.130. The van der Waals surface area contributed by atoms with E-state index in [1.54, 1.807) is 0 Å². The molecule has 0 amide bonds. The predicted molar refractivity (Wildman–Crippen MR) is 163 cm³/mol. The van der Waals surface area contributed by atoms with Gasteiger partial charge in [-0.25, -0.2) is 0 Å². The first-order valence-corrected chi connectivity index (χ1v) is 14.6. The van der Waals surface area contributed by atoms with Gasteiger partial charge in [0.15, 0.2) is 0 Å². The van der Waals surface area contributed by atoms with Crippen molar-refractivity contribution in [3.63, 3.8) is 0 Å². The van der Waals surface area contributed by atoms with E-state index in [9.17, 15) is 10.2 Å². The Morgan fingerprint density at radius 1 is 0.553 bits per heavy atom. The smallest absolute Gasteiger partial charge is 0.123 e. The van der Waals surface area contributed by atoms with Crippen molar-refractivity contribution in [1.29, 1.82) is 0 Å². The highest BCUT2D eigenvalue weighted by molar-refractivity contribution is 5.51. The minimum atomic E-state index is -0.130. The first kappa shape index (κ1) is 30.5. The number of nitrogens with two attached hydrogens (primary N) is 1. The Kier molecular flexibility index (Phi) is 8.19. The van der Waals surface area contributed by atoms with Crippen LogP contribution in [0.2, 0.25) is 0 Å². The van der Waals surface area contributed by atoms with Gasteiger partial charge in [-0.1, -0.05) is 107 Å². The van der Waals surface area contributed by atoms with Crippen LogP contribution < -0.4 is 5.73 Å². The van der Waals surface area contributed by atoms with Crippen molar-refractivity contribution in [2.24, 2.45) is 17.6 Å². The van der Waals surface area contributed by atoms with E-state index >= 15 is 0 Å². The summed E-state index contributed by atoms with van der Waals surface area (Å²) < 4.78 is 0. The number of hydrogen-bond donors (Lipinski definition) is 3. The van der Waals surface area contributed by atoms with Crippen LogP contribution in [0.25, 0.3) is 0 Å². The Labute approximate surface area is 233 Å². The number of aromatic hydroxyl groups is 2. The number of benzene rings is 2. The van der Waals surface area contributed by atoms with E-state index in [2.05, 4.69) is 107 Å². The summed E-state index contributed by atoms with van der Waals surface area (Å²) in [5.74, 6) is 1.73. The second-order valence-corrected chi connectivity index (χ2v) is 16.2.